The van der Waals surface area contributed by atoms with Gasteiger partial charge in [-0.05, 0) is 25.0 Å². The third kappa shape index (κ3) is 2.26. The van der Waals surface area contributed by atoms with Gasteiger partial charge in [0.05, 0.1) is 5.69 Å². The molecule has 88 valence electrons. The van der Waals surface area contributed by atoms with Crippen molar-refractivity contribution in [2.45, 2.75) is 38.0 Å². The maximum atomic E-state index is 5.59. The molecular weight excluding hydrogens is 210 g/mol. The molecular formula is C15H17NO. The Morgan fingerprint density at radius 2 is 1.76 bits per heavy atom. The van der Waals surface area contributed by atoms with E-state index in [0.29, 0.717) is 5.92 Å². The molecule has 0 amide bonds. The van der Waals surface area contributed by atoms with E-state index in [4.69, 9.17) is 4.42 Å². The maximum absolute atomic E-state index is 5.59. The third-order valence-electron chi connectivity index (χ3n) is 3.57. The normalized spacial score (nSPS) is 17.2. The number of aromatic nitrogens is 1. The van der Waals surface area contributed by atoms with Gasteiger partial charge < -0.3 is 4.42 Å². The number of benzene rings is 1. The summed E-state index contributed by atoms with van der Waals surface area (Å²) in [5.41, 5.74) is 2.21. The highest BCUT2D eigenvalue weighted by atomic mass is 16.3. The molecule has 0 aliphatic heterocycles. The van der Waals surface area contributed by atoms with E-state index in [0.717, 1.165) is 17.1 Å². The van der Waals surface area contributed by atoms with Gasteiger partial charge in [0.25, 0.3) is 0 Å². The summed E-state index contributed by atoms with van der Waals surface area (Å²) in [7, 11) is 0. The first-order chi connectivity index (χ1) is 8.43. The first-order valence-electron chi connectivity index (χ1n) is 6.44. The molecule has 1 aromatic heterocycles. The summed E-state index contributed by atoms with van der Waals surface area (Å²) < 4.78 is 5.59. The molecule has 0 radical (unpaired) electrons. The molecule has 0 N–H and O–H groups in total. The van der Waals surface area contributed by atoms with Crippen LogP contribution in [-0.4, -0.2) is 4.98 Å². The Morgan fingerprint density at radius 3 is 2.53 bits per heavy atom. The van der Waals surface area contributed by atoms with Crippen LogP contribution < -0.4 is 0 Å². The lowest BCUT2D eigenvalue weighted by Crippen LogP contribution is -2.04. The van der Waals surface area contributed by atoms with Crippen molar-refractivity contribution in [3.8, 4) is 11.5 Å². The van der Waals surface area contributed by atoms with E-state index in [1.54, 1.807) is 0 Å². The molecule has 3 rings (SSSR count). The molecule has 1 heterocycles. The highest BCUT2D eigenvalue weighted by Crippen LogP contribution is 2.33. The fourth-order valence-corrected chi connectivity index (χ4v) is 2.59. The van der Waals surface area contributed by atoms with E-state index in [2.05, 4.69) is 4.98 Å². The van der Waals surface area contributed by atoms with Crippen LogP contribution in [0.2, 0.25) is 0 Å². The maximum Gasteiger partial charge on any atom is 0.226 e. The fraction of sp³-hybridized carbons (Fsp3) is 0.400. The lowest BCUT2D eigenvalue weighted by Gasteiger charge is -2.18. The molecule has 1 aliphatic carbocycles. The third-order valence-corrected chi connectivity index (χ3v) is 3.57. The second-order valence-electron chi connectivity index (χ2n) is 4.78. The van der Waals surface area contributed by atoms with Gasteiger partial charge in [0.1, 0.15) is 6.26 Å². The summed E-state index contributed by atoms with van der Waals surface area (Å²) in [5.74, 6) is 1.37. The Bertz CT molecular complexity index is 469. The number of nitrogens with zero attached hydrogens (tertiary/aromatic N) is 1. The van der Waals surface area contributed by atoms with Gasteiger partial charge >= 0.3 is 0 Å². The summed E-state index contributed by atoms with van der Waals surface area (Å²) in [4.78, 5) is 4.64. The monoisotopic (exact) mass is 227 g/mol. The minimum atomic E-state index is 0.616. The van der Waals surface area contributed by atoms with Crippen molar-refractivity contribution >= 4 is 0 Å². The quantitative estimate of drug-likeness (QED) is 0.760. The van der Waals surface area contributed by atoms with Crippen LogP contribution in [0.3, 0.4) is 0 Å². The lowest BCUT2D eigenvalue weighted by atomic mass is 9.87. The van der Waals surface area contributed by atoms with Crippen LogP contribution >= 0.6 is 0 Å². The largest absolute Gasteiger partial charge is 0.444 e. The van der Waals surface area contributed by atoms with E-state index in [1.807, 2.05) is 36.6 Å². The van der Waals surface area contributed by atoms with Gasteiger partial charge in [-0.3, -0.25) is 0 Å². The van der Waals surface area contributed by atoms with E-state index in [9.17, 15) is 0 Å². The van der Waals surface area contributed by atoms with Crippen LogP contribution in [-0.2, 0) is 0 Å². The summed E-state index contributed by atoms with van der Waals surface area (Å²) in [6, 6.07) is 10.1. The number of oxazole rings is 1. The molecule has 0 atom stereocenters. The zero-order valence-corrected chi connectivity index (χ0v) is 9.93. The Morgan fingerprint density at radius 1 is 1.00 bits per heavy atom. The second kappa shape index (κ2) is 4.74. The summed E-state index contributed by atoms with van der Waals surface area (Å²) in [5, 5.41) is 0. The van der Waals surface area contributed by atoms with Gasteiger partial charge in [0.15, 0.2) is 0 Å². The Hall–Kier alpha value is -1.57. The van der Waals surface area contributed by atoms with Gasteiger partial charge in [-0.25, -0.2) is 4.98 Å². The summed E-state index contributed by atoms with van der Waals surface area (Å²) >= 11 is 0. The van der Waals surface area contributed by atoms with E-state index in [1.165, 1.54) is 32.1 Å². The van der Waals surface area contributed by atoms with Gasteiger partial charge in [0, 0.05) is 11.5 Å². The van der Waals surface area contributed by atoms with Crippen molar-refractivity contribution in [1.29, 1.82) is 0 Å². The predicted molar refractivity (Wildman–Crippen MR) is 67.8 cm³/mol. The SMILES string of the molecule is c1ccc(-c2nc(C3CCCCC3)co2)cc1. The Kier molecular flexibility index (Phi) is 2.95. The highest BCUT2D eigenvalue weighted by molar-refractivity contribution is 5.52. The minimum absolute atomic E-state index is 0.616. The fourth-order valence-electron chi connectivity index (χ4n) is 2.59. The number of hydrogen-bond acceptors (Lipinski definition) is 2. The Labute approximate surface area is 102 Å². The Balaban J connectivity index is 1.83. The standard InChI is InChI=1S/C15H17NO/c1-3-7-12(8-4-1)14-11-17-15(16-14)13-9-5-2-6-10-13/h2,5-6,9-12H,1,3-4,7-8H2. The molecule has 0 unspecified atom stereocenters. The smallest absolute Gasteiger partial charge is 0.226 e. The molecule has 2 heteroatoms. The molecule has 1 aliphatic rings. The topological polar surface area (TPSA) is 26.0 Å². The molecule has 1 saturated carbocycles. The van der Waals surface area contributed by atoms with Crippen molar-refractivity contribution in [2.24, 2.45) is 0 Å². The van der Waals surface area contributed by atoms with Crippen molar-refractivity contribution < 1.29 is 4.42 Å². The molecule has 1 fully saturated rings. The molecule has 0 saturated heterocycles. The van der Waals surface area contributed by atoms with Crippen LogP contribution in [0.25, 0.3) is 11.5 Å². The number of rotatable bonds is 2. The van der Waals surface area contributed by atoms with E-state index in [-0.39, 0.29) is 0 Å². The van der Waals surface area contributed by atoms with Gasteiger partial charge in [-0.1, -0.05) is 37.5 Å². The first-order valence-corrected chi connectivity index (χ1v) is 6.44. The lowest BCUT2D eigenvalue weighted by molar-refractivity contribution is 0.435. The van der Waals surface area contributed by atoms with Gasteiger partial charge in [-0.15, -0.1) is 0 Å². The second-order valence-corrected chi connectivity index (χ2v) is 4.78. The zero-order chi connectivity index (χ0) is 11.5. The van der Waals surface area contributed by atoms with Crippen molar-refractivity contribution in [2.75, 3.05) is 0 Å². The zero-order valence-electron chi connectivity index (χ0n) is 9.93. The molecule has 0 spiro atoms. The molecule has 0 bridgehead atoms. The van der Waals surface area contributed by atoms with Crippen LogP contribution in [0.1, 0.15) is 43.7 Å². The minimum Gasteiger partial charge on any atom is -0.444 e. The van der Waals surface area contributed by atoms with Crippen LogP contribution in [0.4, 0.5) is 0 Å². The first kappa shape index (κ1) is 10.6. The van der Waals surface area contributed by atoms with Crippen molar-refractivity contribution in [3.63, 3.8) is 0 Å². The van der Waals surface area contributed by atoms with E-state index < -0.39 is 0 Å². The molecule has 17 heavy (non-hydrogen) atoms. The number of hydrogen-bond donors (Lipinski definition) is 0. The van der Waals surface area contributed by atoms with E-state index >= 15 is 0 Å². The highest BCUT2D eigenvalue weighted by Gasteiger charge is 2.19. The average molecular weight is 227 g/mol. The van der Waals surface area contributed by atoms with Crippen LogP contribution in [0.15, 0.2) is 41.0 Å². The van der Waals surface area contributed by atoms with Crippen molar-refractivity contribution in [3.05, 3.63) is 42.3 Å². The molecule has 2 nitrogen and oxygen atoms in total. The molecule has 1 aromatic carbocycles. The van der Waals surface area contributed by atoms with Gasteiger partial charge in [-0.2, -0.15) is 0 Å². The predicted octanol–water partition coefficient (Wildman–Crippen LogP) is 4.39. The average Bonchev–Trinajstić information content (AvgIpc) is 2.90. The van der Waals surface area contributed by atoms with Crippen LogP contribution in [0, 0.1) is 0 Å². The summed E-state index contributed by atoms with van der Waals surface area (Å²) in [6.45, 7) is 0. The van der Waals surface area contributed by atoms with Gasteiger partial charge in [0.2, 0.25) is 5.89 Å². The summed E-state index contributed by atoms with van der Waals surface area (Å²) in [6.07, 6.45) is 8.41. The van der Waals surface area contributed by atoms with Crippen LogP contribution in [0.5, 0.6) is 0 Å². The van der Waals surface area contributed by atoms with Crippen molar-refractivity contribution in [1.82, 2.24) is 4.98 Å². The molecule has 2 aromatic rings.